The maximum atomic E-state index is 12.3. The molecule has 8 heteroatoms. The molecule has 1 saturated heterocycles. The van der Waals surface area contributed by atoms with Crippen molar-refractivity contribution in [3.8, 4) is 0 Å². The van der Waals surface area contributed by atoms with Gasteiger partial charge >= 0.3 is 0 Å². The first-order valence-electron chi connectivity index (χ1n) is 11.9. The highest BCUT2D eigenvalue weighted by atomic mass is 16.5. The lowest BCUT2D eigenvalue weighted by atomic mass is 9.74. The van der Waals surface area contributed by atoms with Gasteiger partial charge in [0.25, 0.3) is 5.56 Å². The first-order chi connectivity index (χ1) is 15.1. The molecule has 1 saturated carbocycles. The van der Waals surface area contributed by atoms with Crippen LogP contribution < -0.4 is 5.56 Å². The Labute approximate surface area is 189 Å². The minimum atomic E-state index is -1.48. The lowest BCUT2D eigenvalue weighted by Crippen LogP contribution is -2.51. The molecule has 1 aliphatic heterocycles. The lowest BCUT2D eigenvalue weighted by molar-refractivity contribution is -0.179. The molecule has 32 heavy (non-hydrogen) atoms. The summed E-state index contributed by atoms with van der Waals surface area (Å²) in [7, 11) is 0. The van der Waals surface area contributed by atoms with Crippen LogP contribution in [0.5, 0.6) is 0 Å². The second-order valence-corrected chi connectivity index (χ2v) is 9.97. The molecule has 2 aliphatic rings. The number of aromatic nitrogens is 1. The van der Waals surface area contributed by atoms with Crippen molar-refractivity contribution in [1.29, 1.82) is 0 Å². The molecule has 6 N–H and O–H groups in total. The molecule has 10 unspecified atom stereocenters. The molecule has 0 radical (unpaired) electrons. The zero-order valence-electron chi connectivity index (χ0n) is 19.2. The Morgan fingerprint density at radius 3 is 2.28 bits per heavy atom. The average Bonchev–Trinajstić information content (AvgIpc) is 2.95. The Bertz CT molecular complexity index is 772. The highest BCUT2D eigenvalue weighted by Crippen LogP contribution is 2.45. The van der Waals surface area contributed by atoms with Gasteiger partial charge in [-0.3, -0.25) is 4.79 Å². The standard InChI is InChI=1S/C24H39NO7/c1-4-12(2)10-13(3)7-8-16-18(19-20(27)22(29)23(30)21(19)28)15(26)11-17(32-16)14-6-5-9-25-24(14)31/h5-6,9,12-13,15-23,26-30H,4,7-8,10-11H2,1-3H3,(H,25,31). The zero-order valence-corrected chi connectivity index (χ0v) is 19.2. The van der Waals surface area contributed by atoms with Crippen molar-refractivity contribution in [1.82, 2.24) is 4.98 Å². The summed E-state index contributed by atoms with van der Waals surface area (Å²) in [6.07, 6.45) is -2.65. The van der Waals surface area contributed by atoms with Gasteiger partial charge in [0.15, 0.2) is 0 Å². The summed E-state index contributed by atoms with van der Waals surface area (Å²) in [5, 5.41) is 52.4. The van der Waals surface area contributed by atoms with Crippen molar-refractivity contribution >= 4 is 0 Å². The second-order valence-electron chi connectivity index (χ2n) is 9.97. The molecule has 2 fully saturated rings. The molecule has 182 valence electrons. The third-order valence-electron chi connectivity index (χ3n) is 7.59. The predicted molar refractivity (Wildman–Crippen MR) is 119 cm³/mol. The fourth-order valence-corrected chi connectivity index (χ4v) is 5.57. The largest absolute Gasteiger partial charge is 0.393 e. The molecule has 1 aliphatic carbocycles. The van der Waals surface area contributed by atoms with Crippen LogP contribution in [0.25, 0.3) is 0 Å². The number of aromatic amines is 1. The molecule has 10 atom stereocenters. The van der Waals surface area contributed by atoms with E-state index in [-0.39, 0.29) is 12.0 Å². The minimum Gasteiger partial charge on any atom is -0.393 e. The number of rotatable bonds is 8. The quantitative estimate of drug-likeness (QED) is 0.346. The fraction of sp³-hybridized carbons (Fsp3) is 0.792. The summed E-state index contributed by atoms with van der Waals surface area (Å²) in [4.78, 5) is 15.0. The third kappa shape index (κ3) is 5.26. The van der Waals surface area contributed by atoms with E-state index in [2.05, 4.69) is 25.8 Å². The normalized spacial score (nSPS) is 39.7. The van der Waals surface area contributed by atoms with Gasteiger partial charge in [0.2, 0.25) is 0 Å². The number of ether oxygens (including phenoxy) is 1. The summed E-state index contributed by atoms with van der Waals surface area (Å²) in [5.41, 5.74) is 0.147. The molecule has 0 amide bonds. The van der Waals surface area contributed by atoms with Gasteiger partial charge in [-0.15, -0.1) is 0 Å². The van der Waals surface area contributed by atoms with E-state index < -0.39 is 54.6 Å². The smallest absolute Gasteiger partial charge is 0.253 e. The number of aliphatic hydroxyl groups excluding tert-OH is 5. The molecule has 0 bridgehead atoms. The highest BCUT2D eigenvalue weighted by molar-refractivity contribution is 5.15. The molecular weight excluding hydrogens is 414 g/mol. The van der Waals surface area contributed by atoms with Crippen molar-refractivity contribution in [2.45, 2.75) is 95.6 Å². The van der Waals surface area contributed by atoms with Crippen LogP contribution in [-0.4, -0.2) is 67.1 Å². The number of hydrogen-bond acceptors (Lipinski definition) is 7. The third-order valence-corrected chi connectivity index (χ3v) is 7.59. The van der Waals surface area contributed by atoms with E-state index in [1.165, 1.54) is 6.20 Å². The number of hydrogen-bond donors (Lipinski definition) is 6. The maximum Gasteiger partial charge on any atom is 0.253 e. The molecule has 8 nitrogen and oxygen atoms in total. The van der Waals surface area contributed by atoms with Crippen molar-refractivity contribution in [2.24, 2.45) is 23.7 Å². The fourth-order valence-electron chi connectivity index (χ4n) is 5.57. The van der Waals surface area contributed by atoms with Crippen molar-refractivity contribution in [2.75, 3.05) is 0 Å². The average molecular weight is 454 g/mol. The highest BCUT2D eigenvalue weighted by Gasteiger charge is 2.56. The van der Waals surface area contributed by atoms with Gasteiger partial charge in [-0.2, -0.15) is 0 Å². The lowest BCUT2D eigenvalue weighted by Gasteiger charge is -2.44. The summed E-state index contributed by atoms with van der Waals surface area (Å²) in [5.74, 6) is -0.596. The van der Waals surface area contributed by atoms with Crippen LogP contribution in [0.4, 0.5) is 0 Å². The topological polar surface area (TPSA) is 143 Å². The van der Waals surface area contributed by atoms with Gasteiger partial charge in [-0.05, 0) is 43.2 Å². The summed E-state index contributed by atoms with van der Waals surface area (Å²) < 4.78 is 6.33. The Morgan fingerprint density at radius 1 is 1.03 bits per heavy atom. The first kappa shape index (κ1) is 25.3. The van der Waals surface area contributed by atoms with Crippen LogP contribution in [0, 0.1) is 23.7 Å². The monoisotopic (exact) mass is 453 g/mol. The van der Waals surface area contributed by atoms with Crippen molar-refractivity contribution in [3.63, 3.8) is 0 Å². The maximum absolute atomic E-state index is 12.3. The summed E-state index contributed by atoms with van der Waals surface area (Å²) in [6.45, 7) is 6.55. The van der Waals surface area contributed by atoms with Gasteiger partial charge in [0.1, 0.15) is 12.2 Å². The van der Waals surface area contributed by atoms with Crippen LogP contribution in [0.1, 0.15) is 64.5 Å². The predicted octanol–water partition coefficient (Wildman–Crippen LogP) is 1.11. The van der Waals surface area contributed by atoms with Crippen molar-refractivity contribution in [3.05, 3.63) is 34.2 Å². The first-order valence-corrected chi connectivity index (χ1v) is 11.9. The van der Waals surface area contributed by atoms with Gasteiger partial charge in [0, 0.05) is 30.0 Å². The zero-order chi connectivity index (χ0) is 23.6. The second kappa shape index (κ2) is 10.8. The number of aliphatic hydroxyl groups is 5. The van der Waals surface area contributed by atoms with Gasteiger partial charge in [-0.25, -0.2) is 0 Å². The number of pyridine rings is 1. The molecule has 3 rings (SSSR count). The van der Waals surface area contributed by atoms with Crippen LogP contribution in [0.15, 0.2) is 23.1 Å². The van der Waals surface area contributed by atoms with E-state index in [4.69, 9.17) is 4.74 Å². The molecule has 2 heterocycles. The summed E-state index contributed by atoms with van der Waals surface area (Å²) in [6, 6.07) is 3.38. The van der Waals surface area contributed by atoms with Crippen LogP contribution in [0.2, 0.25) is 0 Å². The molecule has 0 aromatic carbocycles. The summed E-state index contributed by atoms with van der Waals surface area (Å²) >= 11 is 0. The van der Waals surface area contributed by atoms with Gasteiger partial charge in [-0.1, -0.05) is 27.2 Å². The minimum absolute atomic E-state index is 0.124. The van der Waals surface area contributed by atoms with E-state index in [9.17, 15) is 30.3 Å². The SMILES string of the molecule is CCC(C)CC(C)CCC1OC(c2ccc[nH]c2=O)CC(O)C1C1C(O)C(O)C(O)C1O. The Hall–Kier alpha value is -1.29. The Morgan fingerprint density at radius 2 is 1.69 bits per heavy atom. The van der Waals surface area contributed by atoms with Crippen LogP contribution in [-0.2, 0) is 4.74 Å². The van der Waals surface area contributed by atoms with Crippen LogP contribution >= 0.6 is 0 Å². The van der Waals surface area contributed by atoms with Crippen molar-refractivity contribution < 1.29 is 30.3 Å². The Kier molecular flexibility index (Phi) is 8.52. The molecule has 0 spiro atoms. The Balaban J connectivity index is 1.84. The van der Waals surface area contributed by atoms with E-state index in [0.717, 1.165) is 19.3 Å². The number of H-pyrrole nitrogens is 1. The van der Waals surface area contributed by atoms with E-state index >= 15 is 0 Å². The molecular formula is C24H39NO7. The van der Waals surface area contributed by atoms with Crippen LogP contribution in [0.3, 0.4) is 0 Å². The van der Waals surface area contributed by atoms with E-state index in [1.54, 1.807) is 12.1 Å². The molecule has 1 aromatic rings. The van der Waals surface area contributed by atoms with E-state index in [0.29, 0.717) is 23.8 Å². The number of nitrogens with one attached hydrogen (secondary N) is 1. The molecule has 1 aromatic heterocycles. The van der Waals surface area contributed by atoms with Gasteiger partial charge < -0.3 is 35.3 Å². The van der Waals surface area contributed by atoms with E-state index in [1.807, 2.05) is 0 Å². The van der Waals surface area contributed by atoms with Gasteiger partial charge in [0.05, 0.1) is 30.5 Å².